The zero-order chi connectivity index (χ0) is 22.9. The highest BCUT2D eigenvalue weighted by Gasteiger charge is 2.30. The first-order chi connectivity index (χ1) is 15.2. The number of halogens is 3. The Bertz CT molecular complexity index is 1330. The van der Waals surface area contributed by atoms with Crippen LogP contribution in [0.4, 0.5) is 29.3 Å². The molecule has 7 nitrogen and oxygen atoms in total. The highest BCUT2D eigenvalue weighted by Crippen LogP contribution is 2.30. The first kappa shape index (κ1) is 20.9. The number of rotatable bonds is 4. The largest absolute Gasteiger partial charge is 0.416 e. The van der Waals surface area contributed by atoms with E-state index in [0.717, 1.165) is 23.0 Å². The van der Waals surface area contributed by atoms with Crippen molar-refractivity contribution in [2.75, 3.05) is 10.6 Å². The summed E-state index contributed by atoms with van der Waals surface area (Å²) >= 11 is 0. The summed E-state index contributed by atoms with van der Waals surface area (Å²) in [6.45, 7) is 0. The lowest BCUT2D eigenvalue weighted by Crippen LogP contribution is -2.19. The van der Waals surface area contributed by atoms with Gasteiger partial charge in [0.25, 0.3) is 5.91 Å². The summed E-state index contributed by atoms with van der Waals surface area (Å²) < 4.78 is 40.2. The Kier molecular flexibility index (Phi) is 5.27. The smallest absolute Gasteiger partial charge is 0.364 e. The first-order valence-corrected chi connectivity index (χ1v) is 9.34. The van der Waals surface area contributed by atoms with Crippen molar-refractivity contribution in [3.8, 4) is 5.82 Å². The molecule has 2 aromatic carbocycles. The predicted octanol–water partition coefficient (Wildman–Crippen LogP) is 4.79. The van der Waals surface area contributed by atoms with Gasteiger partial charge in [0.2, 0.25) is 0 Å². The SMILES string of the molecule is NC(=O)c1cccc(-n2ccc3cc(NC(=O)Nc4cccc(C(F)(F)F)c4)ccc32)n1. The molecular formula is C22H16F3N5O2. The van der Waals surface area contributed by atoms with Crippen LogP contribution in [0.5, 0.6) is 0 Å². The molecule has 0 spiro atoms. The fraction of sp³-hybridized carbons (Fsp3) is 0.0455. The van der Waals surface area contributed by atoms with E-state index in [1.807, 2.05) is 0 Å². The van der Waals surface area contributed by atoms with Gasteiger partial charge in [-0.1, -0.05) is 12.1 Å². The van der Waals surface area contributed by atoms with Crippen LogP contribution < -0.4 is 16.4 Å². The van der Waals surface area contributed by atoms with Gasteiger partial charge in [-0.25, -0.2) is 9.78 Å². The minimum Gasteiger partial charge on any atom is -0.364 e. The molecule has 0 aliphatic carbocycles. The van der Waals surface area contributed by atoms with Crippen LogP contribution in [0.1, 0.15) is 16.1 Å². The number of nitrogens with one attached hydrogen (secondary N) is 2. The number of anilines is 2. The first-order valence-electron chi connectivity index (χ1n) is 9.34. The number of fused-ring (bicyclic) bond motifs is 1. The number of benzene rings is 2. The van der Waals surface area contributed by atoms with Crippen LogP contribution in [0.25, 0.3) is 16.7 Å². The van der Waals surface area contributed by atoms with Crippen LogP contribution in [-0.2, 0) is 6.18 Å². The molecule has 0 bridgehead atoms. The van der Waals surface area contributed by atoms with Crippen LogP contribution in [0.3, 0.4) is 0 Å². The molecule has 0 aliphatic rings. The quantitative estimate of drug-likeness (QED) is 0.426. The summed E-state index contributed by atoms with van der Waals surface area (Å²) in [7, 11) is 0. The summed E-state index contributed by atoms with van der Waals surface area (Å²) in [4.78, 5) is 27.9. The Morgan fingerprint density at radius 3 is 2.34 bits per heavy atom. The fourth-order valence-electron chi connectivity index (χ4n) is 3.18. The van der Waals surface area contributed by atoms with E-state index in [9.17, 15) is 22.8 Å². The summed E-state index contributed by atoms with van der Waals surface area (Å²) in [5.41, 5.74) is 5.79. The third-order valence-electron chi connectivity index (χ3n) is 4.63. The van der Waals surface area contributed by atoms with Gasteiger partial charge in [-0.05, 0) is 54.6 Å². The molecule has 2 heterocycles. The molecule has 0 fully saturated rings. The van der Waals surface area contributed by atoms with Gasteiger partial charge in [-0.15, -0.1) is 0 Å². The molecule has 0 saturated carbocycles. The Morgan fingerprint density at radius 1 is 0.906 bits per heavy atom. The number of nitrogens with zero attached hydrogens (tertiary/aromatic N) is 2. The van der Waals surface area contributed by atoms with Crippen LogP contribution in [0, 0.1) is 0 Å². The second-order valence-electron chi connectivity index (χ2n) is 6.86. The number of carbonyl (C=O) groups is 2. The zero-order valence-electron chi connectivity index (χ0n) is 16.4. The molecule has 4 rings (SSSR count). The van der Waals surface area contributed by atoms with Crippen LogP contribution >= 0.6 is 0 Å². The van der Waals surface area contributed by atoms with Gasteiger partial charge in [0.15, 0.2) is 0 Å². The maximum absolute atomic E-state index is 12.8. The average Bonchev–Trinajstić information content (AvgIpc) is 3.16. The number of hydrogen-bond donors (Lipinski definition) is 3. The molecule has 10 heteroatoms. The van der Waals surface area contributed by atoms with Crippen molar-refractivity contribution >= 4 is 34.2 Å². The van der Waals surface area contributed by atoms with Gasteiger partial charge in [-0.2, -0.15) is 13.2 Å². The molecule has 0 atom stereocenters. The van der Waals surface area contributed by atoms with Gasteiger partial charge in [0.1, 0.15) is 11.5 Å². The number of primary amides is 1. The number of carbonyl (C=O) groups excluding carboxylic acids is 2. The monoisotopic (exact) mass is 439 g/mol. The molecule has 0 aliphatic heterocycles. The van der Waals surface area contributed by atoms with E-state index >= 15 is 0 Å². The normalized spacial score (nSPS) is 11.3. The maximum Gasteiger partial charge on any atom is 0.416 e. The molecule has 4 aromatic rings. The fourth-order valence-corrected chi connectivity index (χ4v) is 3.18. The van der Waals surface area contributed by atoms with E-state index in [0.29, 0.717) is 11.5 Å². The standard InChI is InChI=1S/C22H16F3N5O2/c23-22(24,25)14-3-1-4-15(12-14)27-21(32)28-16-7-8-18-13(11-16)9-10-30(18)19-6-2-5-17(29-19)20(26)31/h1-12H,(H2,26,31)(H2,27,28,32). The maximum atomic E-state index is 12.8. The minimum atomic E-state index is -4.50. The summed E-state index contributed by atoms with van der Waals surface area (Å²) in [5, 5.41) is 5.76. The van der Waals surface area contributed by atoms with E-state index < -0.39 is 23.7 Å². The van der Waals surface area contributed by atoms with Gasteiger partial charge < -0.3 is 20.9 Å². The number of urea groups is 1. The highest BCUT2D eigenvalue weighted by atomic mass is 19.4. The number of hydrogen-bond acceptors (Lipinski definition) is 3. The molecule has 0 saturated heterocycles. The third kappa shape index (κ3) is 4.38. The van der Waals surface area contributed by atoms with E-state index in [1.165, 1.54) is 18.2 Å². The van der Waals surface area contributed by atoms with Gasteiger partial charge in [0, 0.05) is 23.0 Å². The van der Waals surface area contributed by atoms with Crippen molar-refractivity contribution in [3.63, 3.8) is 0 Å². The second kappa shape index (κ2) is 8.06. The summed E-state index contributed by atoms with van der Waals surface area (Å²) in [5.74, 6) is -0.138. The molecule has 0 radical (unpaired) electrons. The lowest BCUT2D eigenvalue weighted by Gasteiger charge is -2.11. The van der Waals surface area contributed by atoms with Crippen molar-refractivity contribution in [2.45, 2.75) is 6.18 Å². The number of pyridine rings is 1. The number of alkyl halides is 3. The topological polar surface area (TPSA) is 102 Å². The summed E-state index contributed by atoms with van der Waals surface area (Å²) in [6, 6.07) is 15.5. The zero-order valence-corrected chi connectivity index (χ0v) is 16.4. The molecule has 4 N–H and O–H groups in total. The van der Waals surface area contributed by atoms with Crippen LogP contribution in [0.15, 0.2) is 72.9 Å². The van der Waals surface area contributed by atoms with Crippen molar-refractivity contribution in [2.24, 2.45) is 5.73 Å². The lowest BCUT2D eigenvalue weighted by molar-refractivity contribution is -0.137. The van der Waals surface area contributed by atoms with Crippen molar-refractivity contribution in [3.05, 3.63) is 84.2 Å². The number of amides is 3. The van der Waals surface area contributed by atoms with E-state index in [4.69, 9.17) is 5.73 Å². The molecule has 32 heavy (non-hydrogen) atoms. The van der Waals surface area contributed by atoms with Crippen molar-refractivity contribution in [1.29, 1.82) is 0 Å². The van der Waals surface area contributed by atoms with Crippen molar-refractivity contribution in [1.82, 2.24) is 9.55 Å². The van der Waals surface area contributed by atoms with E-state index in [1.54, 1.807) is 47.2 Å². The van der Waals surface area contributed by atoms with E-state index in [-0.39, 0.29) is 11.4 Å². The lowest BCUT2D eigenvalue weighted by atomic mass is 10.2. The predicted molar refractivity (Wildman–Crippen MR) is 114 cm³/mol. The molecule has 3 amide bonds. The van der Waals surface area contributed by atoms with Crippen molar-refractivity contribution < 1.29 is 22.8 Å². The Balaban J connectivity index is 1.52. The molecule has 162 valence electrons. The van der Waals surface area contributed by atoms with Gasteiger partial charge >= 0.3 is 12.2 Å². The van der Waals surface area contributed by atoms with Gasteiger partial charge in [-0.3, -0.25) is 4.79 Å². The molecular weight excluding hydrogens is 423 g/mol. The number of aromatic nitrogens is 2. The highest BCUT2D eigenvalue weighted by molar-refractivity contribution is 6.01. The van der Waals surface area contributed by atoms with Gasteiger partial charge in [0.05, 0.1) is 11.1 Å². The Hall–Kier alpha value is -4.34. The molecule has 0 unspecified atom stereocenters. The average molecular weight is 439 g/mol. The molecule has 2 aromatic heterocycles. The minimum absolute atomic E-state index is 0.0185. The second-order valence-corrected chi connectivity index (χ2v) is 6.86. The van der Waals surface area contributed by atoms with Crippen LogP contribution in [0.2, 0.25) is 0 Å². The Labute approximate surface area is 179 Å². The summed E-state index contributed by atoms with van der Waals surface area (Å²) in [6.07, 6.45) is -2.75. The number of nitrogens with two attached hydrogens (primary N) is 1. The van der Waals surface area contributed by atoms with E-state index in [2.05, 4.69) is 15.6 Å². The Morgan fingerprint density at radius 2 is 1.62 bits per heavy atom. The van der Waals surface area contributed by atoms with Crippen LogP contribution in [-0.4, -0.2) is 21.5 Å². The third-order valence-corrected chi connectivity index (χ3v) is 4.63.